The first kappa shape index (κ1) is 17.9. The van der Waals surface area contributed by atoms with Gasteiger partial charge in [-0.1, -0.05) is 25.4 Å². The number of amides is 1. The second kappa shape index (κ2) is 7.76. The van der Waals surface area contributed by atoms with Crippen LogP contribution in [0.15, 0.2) is 6.07 Å². The molecule has 1 aromatic heterocycles. The molecular weight excluding hydrogens is 288 g/mol. The maximum atomic E-state index is 12.4. The molecule has 4 nitrogen and oxygen atoms in total. The lowest BCUT2D eigenvalue weighted by atomic mass is 9.79. The van der Waals surface area contributed by atoms with Crippen molar-refractivity contribution in [1.29, 1.82) is 0 Å². The van der Waals surface area contributed by atoms with Crippen molar-refractivity contribution in [2.24, 2.45) is 5.41 Å². The van der Waals surface area contributed by atoms with Crippen LogP contribution < -0.4 is 5.32 Å². The van der Waals surface area contributed by atoms with E-state index in [1.165, 1.54) is 0 Å². The minimum absolute atomic E-state index is 0.0666. The van der Waals surface area contributed by atoms with Crippen LogP contribution in [0.3, 0.4) is 0 Å². The SMILES string of the molecule is CCC(CC)(CCO)CNC(=O)c1c(C)cc(C)nc1Cl. The number of nitrogens with one attached hydrogen (secondary N) is 1. The van der Waals surface area contributed by atoms with Gasteiger partial charge in [-0.15, -0.1) is 0 Å². The first-order chi connectivity index (χ1) is 9.89. The van der Waals surface area contributed by atoms with Crippen LogP contribution in [0.4, 0.5) is 0 Å². The zero-order valence-corrected chi connectivity index (χ0v) is 14.0. The first-order valence-corrected chi connectivity index (χ1v) is 7.79. The van der Waals surface area contributed by atoms with Gasteiger partial charge < -0.3 is 10.4 Å². The third-order valence-electron chi connectivity index (χ3n) is 4.29. The number of aryl methyl sites for hydroxylation is 2. The summed E-state index contributed by atoms with van der Waals surface area (Å²) in [6, 6.07) is 1.85. The van der Waals surface area contributed by atoms with Crippen LogP contribution in [0.25, 0.3) is 0 Å². The van der Waals surface area contributed by atoms with Crippen LogP contribution in [0, 0.1) is 19.3 Å². The van der Waals surface area contributed by atoms with Gasteiger partial charge in [0.15, 0.2) is 0 Å². The Kier molecular flexibility index (Phi) is 6.62. The van der Waals surface area contributed by atoms with Crippen LogP contribution in [-0.2, 0) is 0 Å². The van der Waals surface area contributed by atoms with E-state index in [9.17, 15) is 9.90 Å². The number of nitrogens with zero attached hydrogens (tertiary/aromatic N) is 1. The number of hydrogen-bond acceptors (Lipinski definition) is 3. The van der Waals surface area contributed by atoms with Crippen molar-refractivity contribution >= 4 is 17.5 Å². The van der Waals surface area contributed by atoms with E-state index >= 15 is 0 Å². The lowest BCUT2D eigenvalue weighted by Crippen LogP contribution is -2.38. The second-order valence-corrected chi connectivity index (χ2v) is 5.97. The number of rotatable bonds is 7. The van der Waals surface area contributed by atoms with Crippen molar-refractivity contribution in [3.63, 3.8) is 0 Å². The molecule has 0 radical (unpaired) electrons. The van der Waals surface area contributed by atoms with Crippen molar-refractivity contribution in [1.82, 2.24) is 10.3 Å². The van der Waals surface area contributed by atoms with Gasteiger partial charge in [0.25, 0.3) is 5.91 Å². The molecule has 0 aliphatic heterocycles. The Morgan fingerprint density at radius 2 is 2.00 bits per heavy atom. The Balaban J connectivity index is 2.87. The van der Waals surface area contributed by atoms with Crippen molar-refractivity contribution in [2.75, 3.05) is 13.2 Å². The minimum Gasteiger partial charge on any atom is -0.396 e. The third-order valence-corrected chi connectivity index (χ3v) is 4.57. The third kappa shape index (κ3) is 4.42. The topological polar surface area (TPSA) is 62.2 Å². The summed E-state index contributed by atoms with van der Waals surface area (Å²) in [6.45, 7) is 8.53. The molecule has 0 saturated heterocycles. The van der Waals surface area contributed by atoms with Gasteiger partial charge in [0.1, 0.15) is 5.15 Å². The fourth-order valence-corrected chi connectivity index (χ4v) is 2.97. The zero-order chi connectivity index (χ0) is 16.0. The van der Waals surface area contributed by atoms with Gasteiger partial charge in [-0.05, 0) is 50.2 Å². The summed E-state index contributed by atoms with van der Waals surface area (Å²) in [5.74, 6) is -0.200. The van der Waals surface area contributed by atoms with Gasteiger partial charge in [0.05, 0.1) is 5.56 Å². The van der Waals surface area contributed by atoms with Gasteiger partial charge in [0.2, 0.25) is 0 Å². The molecule has 5 heteroatoms. The Morgan fingerprint density at radius 1 is 1.38 bits per heavy atom. The van der Waals surface area contributed by atoms with E-state index in [0.29, 0.717) is 18.5 Å². The van der Waals surface area contributed by atoms with E-state index in [1.807, 2.05) is 19.9 Å². The summed E-state index contributed by atoms with van der Waals surface area (Å²) < 4.78 is 0. The van der Waals surface area contributed by atoms with Crippen LogP contribution in [0.1, 0.15) is 54.7 Å². The van der Waals surface area contributed by atoms with Crippen molar-refractivity contribution in [3.8, 4) is 0 Å². The summed E-state index contributed by atoms with van der Waals surface area (Å²) in [6.07, 6.45) is 2.49. The molecule has 0 atom stereocenters. The van der Waals surface area contributed by atoms with Crippen LogP contribution in [0.2, 0.25) is 5.15 Å². The predicted molar refractivity (Wildman–Crippen MR) is 85.8 cm³/mol. The summed E-state index contributed by atoms with van der Waals surface area (Å²) >= 11 is 6.10. The molecule has 0 aliphatic rings. The lowest BCUT2D eigenvalue weighted by molar-refractivity contribution is 0.0906. The summed E-state index contributed by atoms with van der Waals surface area (Å²) in [7, 11) is 0. The second-order valence-electron chi connectivity index (χ2n) is 5.61. The molecule has 0 saturated carbocycles. The number of aliphatic hydroxyl groups is 1. The van der Waals surface area contributed by atoms with Crippen molar-refractivity contribution in [3.05, 3.63) is 28.0 Å². The van der Waals surface area contributed by atoms with Crippen LogP contribution in [-0.4, -0.2) is 29.1 Å². The van der Waals surface area contributed by atoms with Crippen LogP contribution in [0.5, 0.6) is 0 Å². The number of carbonyl (C=O) groups excluding carboxylic acids is 1. The number of aromatic nitrogens is 1. The fourth-order valence-electron chi connectivity index (χ4n) is 2.60. The Labute approximate surface area is 131 Å². The average molecular weight is 313 g/mol. The van der Waals surface area contributed by atoms with E-state index in [-0.39, 0.29) is 23.1 Å². The molecule has 1 amide bonds. The van der Waals surface area contributed by atoms with Crippen molar-refractivity contribution < 1.29 is 9.90 Å². The molecule has 0 unspecified atom stereocenters. The molecule has 118 valence electrons. The van der Waals surface area contributed by atoms with Gasteiger partial charge in [-0.2, -0.15) is 0 Å². The monoisotopic (exact) mass is 312 g/mol. The fraction of sp³-hybridized carbons (Fsp3) is 0.625. The van der Waals surface area contributed by atoms with Crippen LogP contribution >= 0.6 is 11.6 Å². The van der Waals surface area contributed by atoms with Gasteiger partial charge in [-0.3, -0.25) is 4.79 Å². The molecule has 0 aromatic carbocycles. The van der Waals surface area contributed by atoms with E-state index in [4.69, 9.17) is 11.6 Å². The van der Waals surface area contributed by atoms with Gasteiger partial charge in [-0.25, -0.2) is 4.98 Å². The standard InChI is InChI=1S/C16H25ClN2O2/c1-5-16(6-2,7-8-20)10-18-15(21)13-11(3)9-12(4)19-14(13)17/h9,20H,5-8,10H2,1-4H3,(H,18,21). The van der Waals surface area contributed by atoms with Gasteiger partial charge in [0, 0.05) is 18.8 Å². The number of pyridine rings is 1. The smallest absolute Gasteiger partial charge is 0.254 e. The molecule has 0 spiro atoms. The van der Waals surface area contributed by atoms with E-state index in [1.54, 1.807) is 0 Å². The molecule has 1 heterocycles. The highest BCUT2D eigenvalue weighted by atomic mass is 35.5. The molecule has 0 aliphatic carbocycles. The average Bonchev–Trinajstić information content (AvgIpc) is 2.42. The van der Waals surface area contributed by atoms with Crippen molar-refractivity contribution in [2.45, 2.75) is 47.0 Å². The maximum Gasteiger partial charge on any atom is 0.254 e. The van der Waals surface area contributed by atoms with Gasteiger partial charge >= 0.3 is 0 Å². The van der Waals surface area contributed by atoms with E-state index in [2.05, 4.69) is 24.1 Å². The summed E-state index contributed by atoms with van der Waals surface area (Å²) in [4.78, 5) is 16.5. The summed E-state index contributed by atoms with van der Waals surface area (Å²) in [5.41, 5.74) is 1.99. The molecule has 1 aromatic rings. The van der Waals surface area contributed by atoms with E-state index < -0.39 is 0 Å². The number of carbonyl (C=O) groups is 1. The zero-order valence-electron chi connectivity index (χ0n) is 13.3. The molecule has 2 N–H and O–H groups in total. The number of hydrogen-bond donors (Lipinski definition) is 2. The largest absolute Gasteiger partial charge is 0.396 e. The highest BCUT2D eigenvalue weighted by molar-refractivity contribution is 6.32. The Bertz CT molecular complexity index is 476. The number of halogens is 1. The molecule has 21 heavy (non-hydrogen) atoms. The highest BCUT2D eigenvalue weighted by Crippen LogP contribution is 2.29. The molecular formula is C16H25ClN2O2. The molecule has 0 fully saturated rings. The maximum absolute atomic E-state index is 12.4. The minimum atomic E-state index is -0.200. The normalized spacial score (nSPS) is 11.5. The molecule has 1 rings (SSSR count). The summed E-state index contributed by atoms with van der Waals surface area (Å²) in [5, 5.41) is 12.4. The predicted octanol–water partition coefficient (Wildman–Crippen LogP) is 3.27. The Hall–Kier alpha value is -1.13. The Morgan fingerprint density at radius 3 is 2.48 bits per heavy atom. The lowest BCUT2D eigenvalue weighted by Gasteiger charge is -2.31. The number of aliphatic hydroxyl groups excluding tert-OH is 1. The quantitative estimate of drug-likeness (QED) is 0.760. The highest BCUT2D eigenvalue weighted by Gasteiger charge is 2.27. The molecule has 0 bridgehead atoms. The first-order valence-electron chi connectivity index (χ1n) is 7.42. The van der Waals surface area contributed by atoms with E-state index in [0.717, 1.165) is 24.1 Å².